The summed E-state index contributed by atoms with van der Waals surface area (Å²) in [5.74, 6) is -3.44. The number of anilines is 1. The number of rotatable bonds is 2. The predicted octanol–water partition coefficient (Wildman–Crippen LogP) is -1.64. The summed E-state index contributed by atoms with van der Waals surface area (Å²) in [6.07, 6.45) is 1.48. The largest absolute Gasteiger partial charge is 0.542 e. The van der Waals surface area contributed by atoms with Crippen LogP contribution >= 0.6 is 0 Å². The molecule has 0 spiro atoms. The van der Waals surface area contributed by atoms with E-state index in [4.69, 9.17) is 8.48 Å². The zero-order valence-corrected chi connectivity index (χ0v) is 8.09. The SMILES string of the molecule is Nc1[nH]nc[nH+]1.[2H]c1c(C(=O)[O-])oc([N+](=O)[O-])c1[2H]. The standard InChI is InChI=1S/C5H3NO5.C2H4N4/c7-5(8)3-1-2-4(11-3)6(9)10;3-2-4-1-5-6-2/h1-2H,(H,7,8);1H,(H3,3,4,5,6)/i1D,2D;. The van der Waals surface area contributed by atoms with E-state index in [1.807, 2.05) is 0 Å². The summed E-state index contributed by atoms with van der Waals surface area (Å²) < 4.78 is 18.0. The number of carboxylic acid groups (broad SMARTS) is 1. The van der Waals surface area contributed by atoms with E-state index < -0.39 is 34.6 Å². The maximum absolute atomic E-state index is 10.2. The number of aromatic carboxylic acids is 1. The van der Waals surface area contributed by atoms with Gasteiger partial charge in [-0.05, 0) is 11.1 Å². The summed E-state index contributed by atoms with van der Waals surface area (Å²) in [6.45, 7) is 0. The summed E-state index contributed by atoms with van der Waals surface area (Å²) in [6, 6.07) is -1.73. The van der Waals surface area contributed by atoms with Crippen molar-refractivity contribution in [3.8, 4) is 0 Å². The fraction of sp³-hybridized carbons (Fsp3) is 0. The van der Waals surface area contributed by atoms with E-state index >= 15 is 0 Å². The molecule has 0 saturated heterocycles. The van der Waals surface area contributed by atoms with Gasteiger partial charge in [-0.2, -0.15) is 0 Å². The number of H-pyrrole nitrogens is 2. The maximum atomic E-state index is 10.2. The van der Waals surface area contributed by atoms with Gasteiger partial charge in [0, 0.05) is 0 Å². The highest BCUT2D eigenvalue weighted by atomic mass is 16.6. The van der Waals surface area contributed by atoms with E-state index in [1.54, 1.807) is 0 Å². The number of hydrogen-bond acceptors (Lipinski definition) is 7. The van der Waals surface area contributed by atoms with E-state index in [0.717, 1.165) is 0 Å². The van der Waals surface area contributed by atoms with E-state index in [1.165, 1.54) is 6.33 Å². The molecule has 0 aromatic carbocycles. The van der Waals surface area contributed by atoms with Gasteiger partial charge in [-0.15, -0.1) is 5.10 Å². The van der Waals surface area contributed by atoms with Gasteiger partial charge in [0.15, 0.2) is 5.76 Å². The normalized spacial score (nSPS) is 10.8. The van der Waals surface area contributed by atoms with Crippen molar-refractivity contribution in [3.05, 3.63) is 34.3 Å². The molecular weight excluding hydrogens is 234 g/mol. The smallest absolute Gasteiger partial charge is 0.433 e. The first kappa shape index (κ1) is 9.33. The molecule has 0 radical (unpaired) electrons. The van der Waals surface area contributed by atoms with Gasteiger partial charge in [-0.25, -0.2) is 4.98 Å². The van der Waals surface area contributed by atoms with Crippen molar-refractivity contribution in [3.63, 3.8) is 0 Å². The quantitative estimate of drug-likeness (QED) is 0.471. The molecule has 2 rings (SSSR count). The molecule has 4 N–H and O–H groups in total. The molecule has 0 amide bonds. The van der Waals surface area contributed by atoms with Crippen LogP contribution < -0.4 is 15.8 Å². The molecule has 2 aromatic heterocycles. The average Bonchev–Trinajstić information content (AvgIpc) is 2.89. The summed E-state index contributed by atoms with van der Waals surface area (Å²) >= 11 is 0. The first-order chi connectivity index (χ1) is 8.84. The lowest BCUT2D eigenvalue weighted by atomic mass is 10.5. The number of hydrogen-bond donors (Lipinski definition) is 2. The third-order valence-corrected chi connectivity index (χ3v) is 1.30. The first-order valence-corrected chi connectivity index (χ1v) is 3.96. The number of aromatic amines is 2. The number of nitrogens with zero attached hydrogens (tertiary/aromatic N) is 2. The number of nitrogen functional groups attached to an aromatic ring is 1. The van der Waals surface area contributed by atoms with Crippen LogP contribution in [-0.4, -0.2) is 21.1 Å². The molecule has 0 aliphatic rings. The monoisotopic (exact) mass is 243 g/mol. The van der Waals surface area contributed by atoms with Crippen molar-refractivity contribution in [1.82, 2.24) is 10.2 Å². The Balaban J connectivity index is 0.000000250. The Hall–Kier alpha value is -2.91. The number of nitro groups is 1. The molecule has 0 bridgehead atoms. The summed E-state index contributed by atoms with van der Waals surface area (Å²) in [7, 11) is 0. The Labute approximate surface area is 96.0 Å². The third kappa shape index (κ3) is 3.62. The second kappa shape index (κ2) is 5.25. The lowest BCUT2D eigenvalue weighted by Crippen LogP contribution is -2.21. The molecule has 17 heavy (non-hydrogen) atoms. The van der Waals surface area contributed by atoms with Crippen molar-refractivity contribution >= 4 is 17.8 Å². The molecule has 10 nitrogen and oxygen atoms in total. The Morgan fingerprint density at radius 3 is 2.65 bits per heavy atom. The topological polar surface area (TPSA) is 165 Å². The van der Waals surface area contributed by atoms with E-state index in [0.29, 0.717) is 5.95 Å². The molecule has 0 fully saturated rings. The van der Waals surface area contributed by atoms with Gasteiger partial charge in [-0.1, -0.05) is 0 Å². The Kier molecular flexibility index (Phi) is 2.88. The van der Waals surface area contributed by atoms with E-state index in [2.05, 4.69) is 19.6 Å². The van der Waals surface area contributed by atoms with Crippen LogP contribution in [0.4, 0.5) is 11.8 Å². The third-order valence-electron chi connectivity index (χ3n) is 1.30. The average molecular weight is 243 g/mol. The second-order valence-electron chi connectivity index (χ2n) is 2.46. The van der Waals surface area contributed by atoms with E-state index in [-0.39, 0.29) is 0 Å². The lowest BCUT2D eigenvalue weighted by molar-refractivity contribution is -0.402. The summed E-state index contributed by atoms with van der Waals surface area (Å²) in [4.78, 5) is 21.8. The number of carbonyl (C=O) groups excluding carboxylic acids is 1. The van der Waals surface area contributed by atoms with Gasteiger partial charge in [0.1, 0.15) is 10.9 Å². The minimum atomic E-state index is -1.85. The molecule has 2 aromatic rings. The number of carbonyl (C=O) groups is 1. The molecule has 0 saturated carbocycles. The fourth-order valence-electron chi connectivity index (χ4n) is 0.669. The minimum absolute atomic E-state index is 0.481. The lowest BCUT2D eigenvalue weighted by Gasteiger charge is -1.91. The number of nitrogens with two attached hydrogens (primary N) is 1. The molecule has 2 heterocycles. The van der Waals surface area contributed by atoms with Gasteiger partial charge in [-0.3, -0.25) is 10.1 Å². The van der Waals surface area contributed by atoms with Gasteiger partial charge < -0.3 is 20.1 Å². The number of aromatic nitrogens is 3. The van der Waals surface area contributed by atoms with Crippen LogP contribution in [0.5, 0.6) is 0 Å². The van der Waals surface area contributed by atoms with Gasteiger partial charge in [0.2, 0.25) is 6.33 Å². The summed E-state index contributed by atoms with van der Waals surface area (Å²) in [5.41, 5.74) is 5.10. The van der Waals surface area contributed by atoms with Crippen molar-refractivity contribution in [2.24, 2.45) is 0 Å². The highest BCUT2D eigenvalue weighted by Crippen LogP contribution is 2.14. The van der Waals surface area contributed by atoms with Crippen molar-refractivity contribution in [2.75, 3.05) is 5.73 Å². The van der Waals surface area contributed by atoms with Crippen LogP contribution in [-0.2, 0) is 0 Å². The second-order valence-corrected chi connectivity index (χ2v) is 2.46. The van der Waals surface area contributed by atoms with E-state index in [9.17, 15) is 20.0 Å². The van der Waals surface area contributed by atoms with Crippen LogP contribution in [0.25, 0.3) is 0 Å². The number of furan rings is 1. The molecule has 0 aliphatic carbocycles. The molecule has 0 aliphatic heterocycles. The maximum Gasteiger partial charge on any atom is 0.433 e. The molecular formula is C7H7N5O5. The Morgan fingerprint density at radius 2 is 2.41 bits per heavy atom. The van der Waals surface area contributed by atoms with Crippen LogP contribution in [0, 0.1) is 10.1 Å². The molecule has 90 valence electrons. The van der Waals surface area contributed by atoms with Crippen LogP contribution in [0.15, 0.2) is 22.8 Å². The van der Waals surface area contributed by atoms with Crippen LogP contribution in [0.1, 0.15) is 13.3 Å². The molecule has 0 atom stereocenters. The van der Waals surface area contributed by atoms with Gasteiger partial charge in [0.05, 0.1) is 8.78 Å². The summed E-state index contributed by atoms with van der Waals surface area (Å²) in [5, 5.41) is 26.3. The Bertz CT molecular complexity index is 561. The molecule has 10 heteroatoms. The van der Waals surface area contributed by atoms with Crippen molar-refractivity contribution in [1.29, 1.82) is 0 Å². The highest BCUT2D eigenvalue weighted by Gasteiger charge is 2.11. The van der Waals surface area contributed by atoms with Crippen molar-refractivity contribution in [2.45, 2.75) is 0 Å². The highest BCUT2D eigenvalue weighted by molar-refractivity contribution is 5.82. The number of nitrogens with one attached hydrogen (secondary N) is 2. The zero-order valence-electron chi connectivity index (χ0n) is 10.1. The minimum Gasteiger partial charge on any atom is -0.542 e. The zero-order chi connectivity index (χ0) is 14.6. The predicted molar refractivity (Wildman–Crippen MR) is 49.2 cm³/mol. The van der Waals surface area contributed by atoms with Crippen LogP contribution in [0.3, 0.4) is 0 Å². The Morgan fingerprint density at radius 1 is 1.71 bits per heavy atom. The fourth-order valence-corrected chi connectivity index (χ4v) is 0.669. The van der Waals surface area contributed by atoms with Gasteiger partial charge in [0.25, 0.3) is 0 Å². The first-order valence-electron chi connectivity index (χ1n) is 4.96. The van der Waals surface area contributed by atoms with Gasteiger partial charge >= 0.3 is 11.8 Å². The number of carboxylic acids is 1. The van der Waals surface area contributed by atoms with Crippen LogP contribution in [0.2, 0.25) is 0 Å². The van der Waals surface area contributed by atoms with Crippen molar-refractivity contribution < 1.29 is 27.0 Å². The molecule has 0 unspecified atom stereocenters.